The Labute approximate surface area is 161 Å². The van der Waals surface area contributed by atoms with E-state index in [1.165, 1.54) is 6.33 Å². The van der Waals surface area contributed by atoms with E-state index in [1.54, 1.807) is 28.9 Å². The smallest absolute Gasteiger partial charge is 0.241 e. The third kappa shape index (κ3) is 2.26. The minimum Gasteiger partial charge on any atom is -0.381 e. The molecule has 6 rings (SSSR count). The normalized spacial score (nSPS) is 25.7. The van der Waals surface area contributed by atoms with Crippen LogP contribution < -0.4 is 10.5 Å². The Balaban J connectivity index is 1.53. The first kappa shape index (κ1) is 17.1. The lowest BCUT2D eigenvalue weighted by atomic mass is 9.40. The number of aryl methyl sites for hydroxylation is 1. The second-order valence-electron chi connectivity index (χ2n) is 7.81. The number of benzene rings is 1. The molecule has 10 heteroatoms. The average Bonchev–Trinajstić information content (AvgIpc) is 3.02. The molecule has 2 heterocycles. The molecular weight excluding hydrogens is 378 g/mol. The molecule has 2 bridgehead atoms. The second kappa shape index (κ2) is 5.27. The quantitative estimate of drug-likeness (QED) is 0.681. The molecule has 0 aliphatic heterocycles. The summed E-state index contributed by atoms with van der Waals surface area (Å²) in [5.41, 5.74) is 7.67. The third-order valence-electron chi connectivity index (χ3n) is 5.74. The zero-order chi connectivity index (χ0) is 19.7. The van der Waals surface area contributed by atoms with E-state index in [9.17, 15) is 8.42 Å². The summed E-state index contributed by atoms with van der Waals surface area (Å²) in [6.07, 6.45) is 4.68. The maximum atomic E-state index is 12.9. The zero-order valence-electron chi connectivity index (χ0n) is 15.0. The highest BCUT2D eigenvalue weighted by Gasteiger charge is 2.69. The standard InChI is InChI=1S/C18H17N7O2S/c1-11-2-3-12(28(26,27)24-18-6-17(7-18,8-18)9-19)4-13(11)14-5-21-16-15(20)22-10-23-25(14)16/h2-5,10,24H,6-8H2,1H3,(H2,20,22,23). The molecule has 9 nitrogen and oxygen atoms in total. The lowest BCUT2D eigenvalue weighted by Crippen LogP contribution is -2.74. The van der Waals surface area contributed by atoms with Crippen molar-refractivity contribution in [3.8, 4) is 17.3 Å². The van der Waals surface area contributed by atoms with Crippen molar-refractivity contribution in [3.05, 3.63) is 36.3 Å². The topological polar surface area (TPSA) is 139 Å². The van der Waals surface area contributed by atoms with Crippen LogP contribution in [0.5, 0.6) is 0 Å². The number of hydrogen-bond acceptors (Lipinski definition) is 7. The van der Waals surface area contributed by atoms with Crippen molar-refractivity contribution in [2.75, 3.05) is 5.73 Å². The zero-order valence-corrected chi connectivity index (χ0v) is 15.9. The van der Waals surface area contributed by atoms with Crippen molar-refractivity contribution in [2.45, 2.75) is 36.6 Å². The number of imidazole rings is 1. The van der Waals surface area contributed by atoms with Crippen LogP contribution in [0.15, 0.2) is 35.6 Å². The molecule has 0 saturated heterocycles. The number of nitrogens with one attached hydrogen (secondary N) is 1. The first-order valence-corrected chi connectivity index (χ1v) is 10.3. The molecule has 142 valence electrons. The fourth-order valence-electron chi connectivity index (χ4n) is 4.42. The summed E-state index contributed by atoms with van der Waals surface area (Å²) in [4.78, 5) is 8.34. The molecule has 3 aliphatic carbocycles. The van der Waals surface area contributed by atoms with Crippen LogP contribution in [0, 0.1) is 23.7 Å². The number of hydrogen-bond donors (Lipinski definition) is 2. The van der Waals surface area contributed by atoms with Crippen LogP contribution >= 0.6 is 0 Å². The van der Waals surface area contributed by atoms with Crippen LogP contribution in [0.2, 0.25) is 0 Å². The van der Waals surface area contributed by atoms with Crippen molar-refractivity contribution >= 4 is 21.5 Å². The van der Waals surface area contributed by atoms with Gasteiger partial charge in [0.2, 0.25) is 10.0 Å². The molecule has 1 aromatic carbocycles. The van der Waals surface area contributed by atoms with Gasteiger partial charge < -0.3 is 5.73 Å². The highest BCUT2D eigenvalue weighted by Crippen LogP contribution is 2.67. The van der Waals surface area contributed by atoms with Gasteiger partial charge in [-0.05, 0) is 43.9 Å². The number of anilines is 1. The number of sulfonamides is 1. The van der Waals surface area contributed by atoms with Gasteiger partial charge in [0.1, 0.15) is 6.33 Å². The van der Waals surface area contributed by atoms with E-state index in [4.69, 9.17) is 11.0 Å². The van der Waals surface area contributed by atoms with E-state index in [-0.39, 0.29) is 16.1 Å². The van der Waals surface area contributed by atoms with Crippen molar-refractivity contribution in [2.24, 2.45) is 5.41 Å². The van der Waals surface area contributed by atoms with Gasteiger partial charge in [0.15, 0.2) is 11.5 Å². The Bertz CT molecular complexity index is 1270. The molecule has 3 N–H and O–H groups in total. The molecule has 0 unspecified atom stereocenters. The second-order valence-corrected chi connectivity index (χ2v) is 9.49. The molecular formula is C18H17N7O2S. The Morgan fingerprint density at radius 1 is 1.29 bits per heavy atom. The molecule has 28 heavy (non-hydrogen) atoms. The number of aromatic nitrogens is 4. The van der Waals surface area contributed by atoms with Gasteiger partial charge in [0, 0.05) is 11.1 Å². The van der Waals surface area contributed by atoms with E-state index < -0.39 is 15.6 Å². The van der Waals surface area contributed by atoms with Crippen LogP contribution in [-0.4, -0.2) is 33.5 Å². The van der Waals surface area contributed by atoms with Gasteiger partial charge in [0.05, 0.1) is 28.3 Å². The summed E-state index contributed by atoms with van der Waals surface area (Å²) in [5.74, 6) is 0.249. The molecule has 3 fully saturated rings. The van der Waals surface area contributed by atoms with E-state index in [0.717, 1.165) is 5.56 Å². The molecule has 0 atom stereocenters. The first-order valence-electron chi connectivity index (χ1n) is 8.77. The molecule has 0 radical (unpaired) electrons. The van der Waals surface area contributed by atoms with Gasteiger partial charge in [0.25, 0.3) is 0 Å². The highest BCUT2D eigenvalue weighted by molar-refractivity contribution is 7.89. The summed E-state index contributed by atoms with van der Waals surface area (Å²) in [7, 11) is -3.71. The van der Waals surface area contributed by atoms with Gasteiger partial charge in [-0.1, -0.05) is 6.07 Å². The van der Waals surface area contributed by atoms with Crippen LogP contribution in [0.25, 0.3) is 16.9 Å². The van der Waals surface area contributed by atoms with Crippen molar-refractivity contribution in [1.82, 2.24) is 24.3 Å². The minimum absolute atomic E-state index is 0.167. The molecule has 3 aliphatic rings. The van der Waals surface area contributed by atoms with E-state index >= 15 is 0 Å². The Hall–Kier alpha value is -3.03. The first-order chi connectivity index (χ1) is 13.3. The van der Waals surface area contributed by atoms with E-state index in [0.29, 0.717) is 36.2 Å². The Morgan fingerprint density at radius 3 is 2.75 bits per heavy atom. The van der Waals surface area contributed by atoms with E-state index in [2.05, 4.69) is 25.9 Å². The highest BCUT2D eigenvalue weighted by atomic mass is 32.2. The molecule has 2 aromatic heterocycles. The number of nitrogen functional groups attached to an aromatic ring is 1. The van der Waals surface area contributed by atoms with Gasteiger partial charge >= 0.3 is 0 Å². The van der Waals surface area contributed by atoms with Crippen molar-refractivity contribution in [1.29, 1.82) is 5.26 Å². The summed E-state index contributed by atoms with van der Waals surface area (Å²) in [6.45, 7) is 1.89. The van der Waals surface area contributed by atoms with Gasteiger partial charge in [-0.25, -0.2) is 27.6 Å². The van der Waals surface area contributed by atoms with Gasteiger partial charge in [-0.3, -0.25) is 0 Å². The Morgan fingerprint density at radius 2 is 2.04 bits per heavy atom. The molecule has 3 aromatic rings. The van der Waals surface area contributed by atoms with Gasteiger partial charge in [-0.2, -0.15) is 10.4 Å². The van der Waals surface area contributed by atoms with Crippen molar-refractivity contribution < 1.29 is 8.42 Å². The summed E-state index contributed by atoms with van der Waals surface area (Å²) in [5, 5.41) is 13.3. The number of nitriles is 1. The number of nitrogens with zero attached hydrogens (tertiary/aromatic N) is 5. The fourth-order valence-corrected chi connectivity index (χ4v) is 5.85. The molecule has 3 saturated carbocycles. The average molecular weight is 395 g/mol. The lowest BCUT2D eigenvalue weighted by Gasteiger charge is -2.66. The van der Waals surface area contributed by atoms with Crippen LogP contribution in [0.1, 0.15) is 24.8 Å². The summed E-state index contributed by atoms with van der Waals surface area (Å²) in [6, 6.07) is 7.24. The monoisotopic (exact) mass is 395 g/mol. The predicted octanol–water partition coefficient (Wildman–Crippen LogP) is 1.41. The van der Waals surface area contributed by atoms with Gasteiger partial charge in [-0.15, -0.1) is 0 Å². The third-order valence-corrected chi connectivity index (χ3v) is 7.32. The summed E-state index contributed by atoms with van der Waals surface area (Å²) >= 11 is 0. The van der Waals surface area contributed by atoms with Crippen molar-refractivity contribution in [3.63, 3.8) is 0 Å². The SMILES string of the molecule is Cc1ccc(S(=O)(=O)NC23CC(C#N)(C2)C3)cc1-c1cnc2c(N)ncnn12. The summed E-state index contributed by atoms with van der Waals surface area (Å²) < 4.78 is 30.2. The number of rotatable bonds is 4. The predicted molar refractivity (Wildman–Crippen MR) is 100 cm³/mol. The minimum atomic E-state index is -3.71. The largest absolute Gasteiger partial charge is 0.381 e. The molecule has 0 amide bonds. The fraction of sp³-hybridized carbons (Fsp3) is 0.333. The number of nitrogens with two attached hydrogens (primary N) is 1. The molecule has 0 spiro atoms. The van der Waals surface area contributed by atoms with E-state index in [1.807, 2.05) is 6.92 Å². The van der Waals surface area contributed by atoms with Crippen LogP contribution in [0.4, 0.5) is 5.82 Å². The maximum Gasteiger partial charge on any atom is 0.241 e. The Kier molecular flexibility index (Phi) is 3.22. The van der Waals surface area contributed by atoms with Crippen LogP contribution in [0.3, 0.4) is 0 Å². The number of fused-ring (bicyclic) bond motifs is 1. The lowest BCUT2D eigenvalue weighted by molar-refractivity contribution is -0.0946. The maximum absolute atomic E-state index is 12.9. The van der Waals surface area contributed by atoms with Crippen LogP contribution in [-0.2, 0) is 10.0 Å².